The molecular weight excluding hydrogens is 268 g/mol. The average molecular weight is 288 g/mol. The van der Waals surface area contributed by atoms with E-state index in [0.29, 0.717) is 6.54 Å². The van der Waals surface area contributed by atoms with Crippen LogP contribution in [0, 0.1) is 0 Å². The van der Waals surface area contributed by atoms with Crippen molar-refractivity contribution < 1.29 is 9.59 Å². The number of piperazine rings is 1. The summed E-state index contributed by atoms with van der Waals surface area (Å²) in [5.74, 6) is -0.228. The third-order valence-corrected chi connectivity index (χ3v) is 4.05. The minimum Gasteiger partial charge on any atom is -0.369 e. The molecule has 0 aliphatic carbocycles. The highest BCUT2D eigenvalue weighted by molar-refractivity contribution is 6.01. The maximum absolute atomic E-state index is 11.5. The number of urea groups is 1. The van der Waals surface area contributed by atoms with E-state index < -0.39 is 0 Å². The third-order valence-electron chi connectivity index (χ3n) is 4.05. The van der Waals surface area contributed by atoms with Gasteiger partial charge in [0.2, 0.25) is 5.91 Å². The van der Waals surface area contributed by atoms with Crippen LogP contribution in [0.4, 0.5) is 10.5 Å². The molecule has 3 rings (SSSR count). The molecule has 2 heterocycles. The van der Waals surface area contributed by atoms with Gasteiger partial charge < -0.3 is 14.7 Å². The van der Waals surface area contributed by atoms with Gasteiger partial charge in [-0.05, 0) is 24.7 Å². The Hall–Kier alpha value is -2.08. The summed E-state index contributed by atoms with van der Waals surface area (Å²) in [7, 11) is 2.14. The molecular formula is C15H20N4O2. The number of nitrogens with one attached hydrogen (secondary N) is 1. The predicted octanol–water partition coefficient (Wildman–Crippen LogP) is 0.490. The lowest BCUT2D eigenvalue weighted by Crippen LogP contribution is -2.44. The van der Waals surface area contributed by atoms with E-state index >= 15 is 0 Å². The quantitative estimate of drug-likeness (QED) is 0.823. The fourth-order valence-electron chi connectivity index (χ4n) is 2.71. The molecule has 112 valence electrons. The Kier molecular flexibility index (Phi) is 3.79. The number of anilines is 1. The molecule has 0 radical (unpaired) electrons. The van der Waals surface area contributed by atoms with Crippen molar-refractivity contribution in [3.8, 4) is 0 Å². The summed E-state index contributed by atoms with van der Waals surface area (Å²) in [5, 5.41) is 2.29. The molecule has 0 bridgehead atoms. The predicted molar refractivity (Wildman–Crippen MR) is 80.1 cm³/mol. The van der Waals surface area contributed by atoms with E-state index in [1.807, 2.05) is 12.1 Å². The highest BCUT2D eigenvalue weighted by atomic mass is 16.2. The van der Waals surface area contributed by atoms with E-state index in [0.717, 1.165) is 31.7 Å². The molecule has 0 unspecified atom stereocenters. The van der Waals surface area contributed by atoms with E-state index in [1.54, 1.807) is 0 Å². The van der Waals surface area contributed by atoms with Gasteiger partial charge in [0.25, 0.3) is 0 Å². The maximum Gasteiger partial charge on any atom is 0.324 e. The number of imide groups is 1. The molecule has 0 aromatic heterocycles. The third kappa shape index (κ3) is 3.16. The number of carbonyl (C=O) groups is 2. The van der Waals surface area contributed by atoms with E-state index in [4.69, 9.17) is 0 Å². The smallest absolute Gasteiger partial charge is 0.324 e. The molecule has 0 atom stereocenters. The van der Waals surface area contributed by atoms with Gasteiger partial charge in [-0.15, -0.1) is 0 Å². The SMILES string of the molecule is CN1CCN(c2ccc(CN3CC(=O)NC3=O)cc2)CC1. The molecule has 3 amide bonds. The highest BCUT2D eigenvalue weighted by Gasteiger charge is 2.26. The molecule has 0 spiro atoms. The minimum absolute atomic E-state index is 0.152. The van der Waals surface area contributed by atoms with Gasteiger partial charge in [0.05, 0.1) is 0 Å². The number of benzene rings is 1. The average Bonchev–Trinajstić information content (AvgIpc) is 2.79. The number of carbonyl (C=O) groups excluding carboxylic acids is 2. The topological polar surface area (TPSA) is 55.9 Å². The zero-order valence-electron chi connectivity index (χ0n) is 12.2. The zero-order valence-corrected chi connectivity index (χ0v) is 12.2. The maximum atomic E-state index is 11.5. The number of nitrogens with zero attached hydrogens (tertiary/aromatic N) is 3. The van der Waals surface area contributed by atoms with Crippen LogP contribution >= 0.6 is 0 Å². The van der Waals surface area contributed by atoms with Gasteiger partial charge in [-0.2, -0.15) is 0 Å². The Labute approximate surface area is 124 Å². The number of hydrogen-bond acceptors (Lipinski definition) is 4. The molecule has 1 N–H and O–H groups in total. The second kappa shape index (κ2) is 5.73. The standard InChI is InChI=1S/C15H20N4O2/c1-17-6-8-18(9-7-17)13-4-2-12(3-5-13)10-19-11-14(20)16-15(19)21/h2-5H,6-11H2,1H3,(H,16,20,21). The summed E-state index contributed by atoms with van der Waals surface area (Å²) in [6.07, 6.45) is 0. The van der Waals surface area contributed by atoms with Crippen molar-refractivity contribution in [2.75, 3.05) is 44.7 Å². The van der Waals surface area contributed by atoms with Gasteiger partial charge in [-0.3, -0.25) is 10.1 Å². The van der Waals surface area contributed by atoms with Crippen LogP contribution in [0.2, 0.25) is 0 Å². The second-order valence-electron chi connectivity index (χ2n) is 5.67. The molecule has 1 aromatic rings. The van der Waals surface area contributed by atoms with Crippen LogP contribution in [0.25, 0.3) is 0 Å². The van der Waals surface area contributed by atoms with Crippen LogP contribution in [0.1, 0.15) is 5.56 Å². The lowest BCUT2D eigenvalue weighted by atomic mass is 10.1. The Morgan fingerprint density at radius 3 is 2.29 bits per heavy atom. The summed E-state index contributed by atoms with van der Waals surface area (Å²) in [4.78, 5) is 28.9. The molecule has 2 aliphatic heterocycles. The summed E-state index contributed by atoms with van der Waals surface area (Å²) >= 11 is 0. The second-order valence-corrected chi connectivity index (χ2v) is 5.67. The Morgan fingerprint density at radius 2 is 1.71 bits per heavy atom. The lowest BCUT2D eigenvalue weighted by Gasteiger charge is -2.34. The van der Waals surface area contributed by atoms with Gasteiger partial charge in [-0.25, -0.2) is 4.79 Å². The number of hydrogen-bond donors (Lipinski definition) is 1. The van der Waals surface area contributed by atoms with Crippen LogP contribution in [0.3, 0.4) is 0 Å². The molecule has 1 aromatic carbocycles. The monoisotopic (exact) mass is 288 g/mol. The molecule has 2 aliphatic rings. The first-order valence-corrected chi connectivity index (χ1v) is 7.23. The molecule has 6 nitrogen and oxygen atoms in total. The number of amides is 3. The van der Waals surface area contributed by atoms with E-state index in [2.05, 4.69) is 34.3 Å². The lowest BCUT2D eigenvalue weighted by molar-refractivity contribution is -0.118. The first kappa shape index (κ1) is 13.9. The molecule has 2 fully saturated rings. The van der Waals surface area contributed by atoms with E-state index in [9.17, 15) is 9.59 Å². The van der Waals surface area contributed by atoms with Crippen molar-refractivity contribution in [1.82, 2.24) is 15.1 Å². The first-order valence-electron chi connectivity index (χ1n) is 7.23. The van der Waals surface area contributed by atoms with Gasteiger partial charge in [-0.1, -0.05) is 12.1 Å². The molecule has 0 saturated carbocycles. The van der Waals surface area contributed by atoms with Crippen molar-refractivity contribution in [2.24, 2.45) is 0 Å². The number of likely N-dealkylation sites (N-methyl/N-ethyl adjacent to an activating group) is 1. The normalized spacial score (nSPS) is 20.0. The van der Waals surface area contributed by atoms with E-state index in [-0.39, 0.29) is 18.5 Å². The van der Waals surface area contributed by atoms with Gasteiger partial charge in [0, 0.05) is 38.4 Å². The van der Waals surface area contributed by atoms with Crippen LogP contribution in [0.5, 0.6) is 0 Å². The van der Waals surface area contributed by atoms with Crippen molar-refractivity contribution in [3.63, 3.8) is 0 Å². The summed E-state index contributed by atoms with van der Waals surface area (Å²) < 4.78 is 0. The summed E-state index contributed by atoms with van der Waals surface area (Å²) in [6.45, 7) is 4.87. The number of rotatable bonds is 3. The van der Waals surface area contributed by atoms with E-state index in [1.165, 1.54) is 10.6 Å². The van der Waals surface area contributed by atoms with Crippen molar-refractivity contribution in [1.29, 1.82) is 0 Å². The summed E-state index contributed by atoms with van der Waals surface area (Å²) in [5.41, 5.74) is 2.26. The van der Waals surface area contributed by atoms with Crippen molar-refractivity contribution >= 4 is 17.6 Å². The van der Waals surface area contributed by atoms with Crippen LogP contribution in [0.15, 0.2) is 24.3 Å². The first-order chi connectivity index (χ1) is 10.1. The largest absolute Gasteiger partial charge is 0.369 e. The van der Waals surface area contributed by atoms with Crippen molar-refractivity contribution in [2.45, 2.75) is 6.54 Å². The van der Waals surface area contributed by atoms with Gasteiger partial charge in [0.15, 0.2) is 0 Å². The molecule has 6 heteroatoms. The van der Waals surface area contributed by atoms with Crippen LogP contribution < -0.4 is 10.2 Å². The molecule has 2 saturated heterocycles. The Morgan fingerprint density at radius 1 is 1.05 bits per heavy atom. The van der Waals surface area contributed by atoms with Crippen LogP contribution in [-0.2, 0) is 11.3 Å². The minimum atomic E-state index is -0.303. The Bertz CT molecular complexity index is 535. The summed E-state index contributed by atoms with van der Waals surface area (Å²) in [6, 6.07) is 7.95. The fraction of sp³-hybridized carbons (Fsp3) is 0.467. The highest BCUT2D eigenvalue weighted by Crippen LogP contribution is 2.18. The fourth-order valence-corrected chi connectivity index (χ4v) is 2.71. The van der Waals surface area contributed by atoms with Crippen LogP contribution in [-0.4, -0.2) is 61.5 Å². The Balaban J connectivity index is 1.62. The van der Waals surface area contributed by atoms with Gasteiger partial charge in [0.1, 0.15) is 6.54 Å². The van der Waals surface area contributed by atoms with Gasteiger partial charge >= 0.3 is 6.03 Å². The molecule has 21 heavy (non-hydrogen) atoms. The van der Waals surface area contributed by atoms with Crippen molar-refractivity contribution in [3.05, 3.63) is 29.8 Å². The zero-order chi connectivity index (χ0) is 14.8.